The number of aryl methyl sites for hydroxylation is 1. The smallest absolute Gasteiger partial charge is 0.246 e. The Balaban J connectivity index is 1.79. The zero-order valence-electron chi connectivity index (χ0n) is 11.4. The van der Waals surface area contributed by atoms with Crippen molar-refractivity contribution >= 4 is 26.3 Å². The van der Waals surface area contributed by atoms with Crippen LogP contribution in [0.25, 0.3) is 4.48 Å². The molecule has 1 aromatic rings. The van der Waals surface area contributed by atoms with Crippen molar-refractivity contribution in [2.45, 2.75) is 25.7 Å². The molecule has 0 N–H and O–H groups in total. The van der Waals surface area contributed by atoms with Gasteiger partial charge in [-0.2, -0.15) is 0 Å². The van der Waals surface area contributed by atoms with Crippen molar-refractivity contribution in [2.24, 2.45) is 0 Å². The van der Waals surface area contributed by atoms with Crippen LogP contribution in [0.4, 0.5) is 0 Å². The van der Waals surface area contributed by atoms with E-state index < -0.39 is 0 Å². The number of benzene rings is 1. The predicted octanol–water partition coefficient (Wildman–Crippen LogP) is 3.92. The first kappa shape index (κ1) is 13.6. The number of fused-ring (bicyclic) bond motifs is 1. The lowest BCUT2D eigenvalue weighted by atomic mass is 9.92. The molecule has 0 saturated carbocycles. The van der Waals surface area contributed by atoms with Gasteiger partial charge in [-0.1, -0.05) is 30.3 Å². The topological polar surface area (TPSA) is 20.3 Å². The first-order valence-electron chi connectivity index (χ1n) is 7.19. The van der Waals surface area contributed by atoms with Gasteiger partial charge >= 0.3 is 0 Å². The van der Waals surface area contributed by atoms with Gasteiger partial charge in [-0.05, 0) is 58.3 Å². The summed E-state index contributed by atoms with van der Waals surface area (Å²) in [6, 6.07) is 8.44. The van der Waals surface area contributed by atoms with Crippen LogP contribution in [0, 0.1) is 0 Å². The fourth-order valence-corrected chi connectivity index (χ4v) is 3.59. The minimum atomic E-state index is 0.147. The van der Waals surface area contributed by atoms with Crippen molar-refractivity contribution < 1.29 is 4.79 Å². The first-order chi connectivity index (χ1) is 9.75. The molecule has 20 heavy (non-hydrogen) atoms. The summed E-state index contributed by atoms with van der Waals surface area (Å²) in [5.41, 5.74) is 3.85. The fourth-order valence-electron chi connectivity index (χ4n) is 2.88. The van der Waals surface area contributed by atoms with Gasteiger partial charge in [0.1, 0.15) is 0 Å². The van der Waals surface area contributed by atoms with E-state index >= 15 is 0 Å². The van der Waals surface area contributed by atoms with Crippen LogP contribution in [0.2, 0.25) is 0 Å². The van der Waals surface area contributed by atoms with E-state index in [1.165, 1.54) is 16.7 Å². The van der Waals surface area contributed by atoms with E-state index in [0.717, 1.165) is 43.3 Å². The fraction of sp³-hybridized carbons (Fsp3) is 0.353. The van der Waals surface area contributed by atoms with E-state index in [4.69, 9.17) is 0 Å². The molecule has 1 amide bonds. The molecule has 0 aromatic heterocycles. The van der Waals surface area contributed by atoms with Crippen LogP contribution in [0.5, 0.6) is 0 Å². The van der Waals surface area contributed by atoms with Crippen LogP contribution in [0.15, 0.2) is 42.0 Å². The Kier molecular flexibility index (Phi) is 4.06. The largest absolute Gasteiger partial charge is 0.339 e. The zero-order valence-corrected chi connectivity index (χ0v) is 13.0. The van der Waals surface area contributed by atoms with Gasteiger partial charge in [0.25, 0.3) is 0 Å². The molecule has 104 valence electrons. The second-order valence-electron chi connectivity index (χ2n) is 5.36. The lowest BCUT2D eigenvalue weighted by molar-refractivity contribution is -0.124. The van der Waals surface area contributed by atoms with E-state index in [-0.39, 0.29) is 5.91 Å². The van der Waals surface area contributed by atoms with E-state index in [0.29, 0.717) is 0 Å². The number of hydrogen-bond acceptors (Lipinski definition) is 1. The molecule has 1 aliphatic heterocycles. The van der Waals surface area contributed by atoms with Crippen LogP contribution in [-0.2, 0) is 11.2 Å². The predicted molar refractivity (Wildman–Crippen MR) is 85.6 cm³/mol. The van der Waals surface area contributed by atoms with Gasteiger partial charge in [0, 0.05) is 23.6 Å². The SMILES string of the molecule is O=C(/C=C/C1=C(Br)c2ccccc2CC1)N1CCCC1. The number of rotatable bonds is 2. The molecule has 1 heterocycles. The zero-order chi connectivity index (χ0) is 13.9. The van der Waals surface area contributed by atoms with E-state index in [1.807, 2.05) is 11.0 Å². The van der Waals surface area contributed by atoms with Crippen molar-refractivity contribution in [3.05, 3.63) is 53.1 Å². The Morgan fingerprint density at radius 1 is 1.15 bits per heavy atom. The summed E-state index contributed by atoms with van der Waals surface area (Å²) in [5, 5.41) is 0. The van der Waals surface area contributed by atoms with Crippen LogP contribution in [-0.4, -0.2) is 23.9 Å². The molecule has 0 spiro atoms. The average molecular weight is 332 g/mol. The molecule has 0 bridgehead atoms. The van der Waals surface area contributed by atoms with Gasteiger partial charge in [0.15, 0.2) is 0 Å². The standard InChI is InChI=1S/C17H18BrNO/c18-17-14(8-7-13-5-1-2-6-15(13)17)9-10-16(20)19-11-3-4-12-19/h1-2,5-6,9-10H,3-4,7-8,11-12H2/b10-9+. The lowest BCUT2D eigenvalue weighted by Crippen LogP contribution is -2.25. The third-order valence-corrected chi connectivity index (χ3v) is 4.98. The molecule has 1 aliphatic carbocycles. The van der Waals surface area contributed by atoms with Crippen molar-refractivity contribution in [1.82, 2.24) is 4.90 Å². The van der Waals surface area contributed by atoms with Crippen LogP contribution < -0.4 is 0 Å². The Labute approximate surface area is 128 Å². The quantitative estimate of drug-likeness (QED) is 0.752. The first-order valence-corrected chi connectivity index (χ1v) is 7.99. The average Bonchev–Trinajstić information content (AvgIpc) is 3.01. The molecule has 1 fully saturated rings. The molecule has 0 radical (unpaired) electrons. The second-order valence-corrected chi connectivity index (χ2v) is 6.16. The molecule has 0 atom stereocenters. The highest BCUT2D eigenvalue weighted by Gasteiger charge is 2.17. The van der Waals surface area contributed by atoms with Gasteiger partial charge in [-0.3, -0.25) is 4.79 Å². The van der Waals surface area contributed by atoms with Gasteiger partial charge in [0.05, 0.1) is 0 Å². The molecule has 1 saturated heterocycles. The van der Waals surface area contributed by atoms with Gasteiger partial charge in [-0.25, -0.2) is 0 Å². The molecular weight excluding hydrogens is 314 g/mol. The third-order valence-electron chi connectivity index (χ3n) is 4.04. The van der Waals surface area contributed by atoms with Crippen LogP contribution >= 0.6 is 15.9 Å². The molecule has 1 aromatic carbocycles. The molecule has 3 heteroatoms. The highest BCUT2D eigenvalue weighted by atomic mass is 79.9. The Bertz CT molecular complexity index is 582. The normalized spacial score (nSPS) is 18.8. The summed E-state index contributed by atoms with van der Waals surface area (Å²) < 4.78 is 1.13. The van der Waals surface area contributed by atoms with Gasteiger partial charge < -0.3 is 4.90 Å². The minimum Gasteiger partial charge on any atom is -0.339 e. The van der Waals surface area contributed by atoms with Crippen molar-refractivity contribution in [3.63, 3.8) is 0 Å². The maximum atomic E-state index is 12.0. The van der Waals surface area contributed by atoms with Crippen molar-refractivity contribution in [2.75, 3.05) is 13.1 Å². The van der Waals surface area contributed by atoms with Gasteiger partial charge in [0.2, 0.25) is 5.91 Å². The number of hydrogen-bond donors (Lipinski definition) is 0. The summed E-state index contributed by atoms with van der Waals surface area (Å²) >= 11 is 3.69. The molecule has 2 nitrogen and oxygen atoms in total. The Hall–Kier alpha value is -1.35. The number of carbonyl (C=O) groups is 1. The molecule has 2 aliphatic rings. The summed E-state index contributed by atoms with van der Waals surface area (Å²) in [4.78, 5) is 14.0. The summed E-state index contributed by atoms with van der Waals surface area (Å²) in [5.74, 6) is 0.147. The van der Waals surface area contributed by atoms with Gasteiger partial charge in [-0.15, -0.1) is 0 Å². The van der Waals surface area contributed by atoms with E-state index in [9.17, 15) is 4.79 Å². The number of allylic oxidation sites excluding steroid dienone is 2. The summed E-state index contributed by atoms with van der Waals surface area (Å²) in [7, 11) is 0. The minimum absolute atomic E-state index is 0.147. The molecular formula is C17H18BrNO. The van der Waals surface area contributed by atoms with Crippen LogP contribution in [0.1, 0.15) is 30.4 Å². The van der Waals surface area contributed by atoms with E-state index in [1.54, 1.807) is 6.08 Å². The second kappa shape index (κ2) is 5.96. The third kappa shape index (κ3) is 2.73. The highest BCUT2D eigenvalue weighted by molar-refractivity contribution is 9.15. The maximum Gasteiger partial charge on any atom is 0.246 e. The number of halogens is 1. The van der Waals surface area contributed by atoms with Crippen molar-refractivity contribution in [3.8, 4) is 0 Å². The Morgan fingerprint density at radius 2 is 1.90 bits per heavy atom. The number of carbonyl (C=O) groups excluding carboxylic acids is 1. The molecule has 0 unspecified atom stereocenters. The van der Waals surface area contributed by atoms with Crippen molar-refractivity contribution in [1.29, 1.82) is 0 Å². The van der Waals surface area contributed by atoms with Crippen LogP contribution in [0.3, 0.4) is 0 Å². The lowest BCUT2D eigenvalue weighted by Gasteiger charge is -2.18. The Morgan fingerprint density at radius 3 is 2.70 bits per heavy atom. The molecule has 3 rings (SSSR count). The maximum absolute atomic E-state index is 12.0. The van der Waals surface area contributed by atoms with E-state index in [2.05, 4.69) is 40.2 Å². The number of likely N-dealkylation sites (tertiary alicyclic amines) is 1. The monoisotopic (exact) mass is 331 g/mol. The number of nitrogens with zero attached hydrogens (tertiary/aromatic N) is 1. The summed E-state index contributed by atoms with van der Waals surface area (Å²) in [6.45, 7) is 1.82. The summed E-state index contributed by atoms with van der Waals surface area (Å²) in [6.07, 6.45) is 8.03. The highest BCUT2D eigenvalue weighted by Crippen LogP contribution is 2.35. The number of amides is 1.